The van der Waals surface area contributed by atoms with Crippen molar-refractivity contribution in [2.75, 3.05) is 27.3 Å². The van der Waals surface area contributed by atoms with E-state index < -0.39 is 11.1 Å². The van der Waals surface area contributed by atoms with E-state index in [1.165, 1.54) is 10.2 Å². The highest BCUT2D eigenvalue weighted by Gasteiger charge is 2.44. The van der Waals surface area contributed by atoms with Crippen LogP contribution in [0.3, 0.4) is 0 Å². The Morgan fingerprint density at radius 2 is 1.45 bits per heavy atom. The van der Waals surface area contributed by atoms with Gasteiger partial charge in [-0.3, -0.25) is 19.1 Å². The van der Waals surface area contributed by atoms with E-state index in [-0.39, 0.29) is 12.0 Å². The highest BCUT2D eigenvalue weighted by Crippen LogP contribution is 2.39. The van der Waals surface area contributed by atoms with Crippen LogP contribution in [0.15, 0.2) is 58.1 Å². The number of benzene rings is 2. The first-order chi connectivity index (χ1) is 16.0. The molecule has 0 radical (unpaired) electrons. The third-order valence-electron chi connectivity index (χ3n) is 6.81. The molecule has 0 N–H and O–H groups in total. The van der Waals surface area contributed by atoms with Crippen LogP contribution in [0.25, 0.3) is 0 Å². The highest BCUT2D eigenvalue weighted by molar-refractivity contribution is 5.28. The summed E-state index contributed by atoms with van der Waals surface area (Å²) in [4.78, 5) is 28.0. The number of hydrogen-bond donors (Lipinski definition) is 0. The molecule has 2 aliphatic heterocycles. The molecule has 0 unspecified atom stereocenters. The molecule has 1 spiro atoms. The highest BCUT2D eigenvalue weighted by atomic mass is 16.5. The largest absolute Gasteiger partial charge is 0.497 e. The summed E-state index contributed by atoms with van der Waals surface area (Å²) in [6, 6.07) is 15.6. The van der Waals surface area contributed by atoms with Gasteiger partial charge in [0.2, 0.25) is 0 Å². The molecule has 1 saturated heterocycles. The number of ether oxygens (including phenoxy) is 2. The van der Waals surface area contributed by atoms with E-state index in [1.54, 1.807) is 18.8 Å². The van der Waals surface area contributed by atoms with Crippen LogP contribution in [-0.4, -0.2) is 46.6 Å². The van der Waals surface area contributed by atoms with Gasteiger partial charge >= 0.3 is 11.1 Å². The molecule has 1 fully saturated rings. The standard InChI is InChI=1S/C25H28N4O4/c1-32-20-7-3-18(4-8-20)14-27-12-11-25(16-27)13-22-26-29(24(31)23(30)28(22)17-25)15-19-5-9-21(33-2)10-6-19/h3-10H,11-17H2,1-2H3/t25-/m1/s1. The summed E-state index contributed by atoms with van der Waals surface area (Å²) in [5, 5.41) is 4.60. The fraction of sp³-hybridized carbons (Fsp3) is 0.400. The maximum absolute atomic E-state index is 12.9. The van der Waals surface area contributed by atoms with Gasteiger partial charge in [0.25, 0.3) is 0 Å². The second-order valence-electron chi connectivity index (χ2n) is 9.10. The first-order valence-corrected chi connectivity index (χ1v) is 11.2. The van der Waals surface area contributed by atoms with E-state index >= 15 is 0 Å². The van der Waals surface area contributed by atoms with Gasteiger partial charge in [-0.1, -0.05) is 24.3 Å². The lowest BCUT2D eigenvalue weighted by molar-refractivity contribution is 0.246. The third-order valence-corrected chi connectivity index (χ3v) is 6.81. The van der Waals surface area contributed by atoms with Crippen molar-refractivity contribution in [1.29, 1.82) is 0 Å². The smallest absolute Gasteiger partial charge is 0.332 e. The summed E-state index contributed by atoms with van der Waals surface area (Å²) >= 11 is 0. The van der Waals surface area contributed by atoms with Crippen LogP contribution in [0.2, 0.25) is 0 Å². The summed E-state index contributed by atoms with van der Waals surface area (Å²) in [5.41, 5.74) is 1.04. The van der Waals surface area contributed by atoms with Crippen LogP contribution < -0.4 is 20.6 Å². The Labute approximate surface area is 192 Å². The predicted molar refractivity (Wildman–Crippen MR) is 124 cm³/mol. The van der Waals surface area contributed by atoms with Crippen molar-refractivity contribution in [2.45, 2.75) is 32.5 Å². The Hall–Kier alpha value is -3.39. The van der Waals surface area contributed by atoms with E-state index in [0.29, 0.717) is 18.8 Å². The minimum absolute atomic E-state index is 0.0443. The van der Waals surface area contributed by atoms with Gasteiger partial charge in [-0.2, -0.15) is 5.10 Å². The molecule has 0 bridgehead atoms. The molecule has 2 aliphatic rings. The number of hydrogen-bond acceptors (Lipinski definition) is 6. The first-order valence-electron chi connectivity index (χ1n) is 11.2. The quantitative estimate of drug-likeness (QED) is 0.536. The van der Waals surface area contributed by atoms with Gasteiger partial charge in [-0.25, -0.2) is 4.68 Å². The van der Waals surface area contributed by atoms with E-state index in [1.807, 2.05) is 36.4 Å². The molecular weight excluding hydrogens is 420 g/mol. The zero-order valence-corrected chi connectivity index (χ0v) is 19.0. The lowest BCUT2D eigenvalue weighted by atomic mass is 9.86. The number of nitrogens with zero attached hydrogens (tertiary/aromatic N) is 4. The maximum atomic E-state index is 12.9. The second-order valence-corrected chi connectivity index (χ2v) is 9.10. The van der Waals surface area contributed by atoms with Crippen molar-refractivity contribution in [3.63, 3.8) is 0 Å². The molecule has 0 saturated carbocycles. The number of likely N-dealkylation sites (tertiary alicyclic amines) is 1. The van der Waals surface area contributed by atoms with Gasteiger partial charge in [0, 0.05) is 31.5 Å². The average molecular weight is 449 g/mol. The lowest BCUT2D eigenvalue weighted by Crippen LogP contribution is -2.43. The van der Waals surface area contributed by atoms with Crippen molar-refractivity contribution in [2.24, 2.45) is 5.41 Å². The summed E-state index contributed by atoms with van der Waals surface area (Å²) in [6.45, 7) is 3.53. The molecule has 0 amide bonds. The van der Waals surface area contributed by atoms with E-state index in [2.05, 4.69) is 22.1 Å². The van der Waals surface area contributed by atoms with Gasteiger partial charge in [-0.15, -0.1) is 0 Å². The van der Waals surface area contributed by atoms with E-state index in [9.17, 15) is 9.59 Å². The second kappa shape index (κ2) is 8.51. The Morgan fingerprint density at radius 1 is 0.848 bits per heavy atom. The molecule has 8 nitrogen and oxygen atoms in total. The first kappa shape index (κ1) is 21.5. The fourth-order valence-corrected chi connectivity index (χ4v) is 5.04. The summed E-state index contributed by atoms with van der Waals surface area (Å²) < 4.78 is 13.3. The molecule has 8 heteroatoms. The molecule has 2 aromatic carbocycles. The third kappa shape index (κ3) is 4.18. The molecule has 33 heavy (non-hydrogen) atoms. The zero-order valence-electron chi connectivity index (χ0n) is 19.0. The minimum Gasteiger partial charge on any atom is -0.497 e. The van der Waals surface area contributed by atoms with Gasteiger partial charge in [0.1, 0.15) is 17.3 Å². The number of rotatable bonds is 6. The fourth-order valence-electron chi connectivity index (χ4n) is 5.04. The monoisotopic (exact) mass is 448 g/mol. The van der Waals surface area contributed by atoms with Crippen molar-refractivity contribution >= 4 is 0 Å². The molecule has 1 aromatic heterocycles. The van der Waals surface area contributed by atoms with Crippen LogP contribution in [-0.2, 0) is 26.1 Å². The van der Waals surface area contributed by atoms with Crippen LogP contribution in [0, 0.1) is 5.41 Å². The summed E-state index contributed by atoms with van der Waals surface area (Å²) in [6.07, 6.45) is 1.70. The van der Waals surface area contributed by atoms with Crippen molar-refractivity contribution in [1.82, 2.24) is 19.2 Å². The molecule has 172 valence electrons. The number of methoxy groups -OCH3 is 2. The van der Waals surface area contributed by atoms with Gasteiger partial charge in [0.15, 0.2) is 0 Å². The number of fused-ring (bicyclic) bond motifs is 1. The topological polar surface area (TPSA) is 78.6 Å². The zero-order chi connectivity index (χ0) is 23.0. The van der Waals surface area contributed by atoms with Gasteiger partial charge in [-0.05, 0) is 48.4 Å². The summed E-state index contributed by atoms with van der Waals surface area (Å²) in [7, 11) is 3.28. The normalized spacial score (nSPS) is 19.7. The molecule has 0 aliphatic carbocycles. The van der Waals surface area contributed by atoms with E-state index in [0.717, 1.165) is 43.1 Å². The van der Waals surface area contributed by atoms with Gasteiger partial charge < -0.3 is 9.47 Å². The lowest BCUT2D eigenvalue weighted by Gasteiger charge is -2.22. The summed E-state index contributed by atoms with van der Waals surface area (Å²) in [5.74, 6) is 2.31. The predicted octanol–water partition coefficient (Wildman–Crippen LogP) is 1.92. The van der Waals surface area contributed by atoms with Crippen LogP contribution in [0.4, 0.5) is 0 Å². The Kier molecular flexibility index (Phi) is 5.54. The van der Waals surface area contributed by atoms with Crippen LogP contribution in [0.1, 0.15) is 23.4 Å². The Bertz CT molecular complexity index is 1260. The number of aromatic nitrogens is 3. The molecule has 3 aromatic rings. The maximum Gasteiger partial charge on any atom is 0.332 e. The molecule has 5 rings (SSSR count). The minimum atomic E-state index is -0.570. The van der Waals surface area contributed by atoms with Crippen LogP contribution in [0.5, 0.6) is 11.5 Å². The molecule has 3 heterocycles. The Morgan fingerprint density at radius 3 is 2.06 bits per heavy atom. The SMILES string of the molecule is COc1ccc(CN2CC[C@@]3(Cc4nn(Cc5ccc(OC)cc5)c(=O)c(=O)n4C3)C2)cc1. The molecule has 1 atom stereocenters. The van der Waals surface area contributed by atoms with Crippen molar-refractivity contribution in [3.8, 4) is 11.5 Å². The van der Waals surface area contributed by atoms with Gasteiger partial charge in [0.05, 0.1) is 20.8 Å². The van der Waals surface area contributed by atoms with E-state index in [4.69, 9.17) is 9.47 Å². The van der Waals surface area contributed by atoms with Crippen LogP contribution >= 0.6 is 0 Å². The average Bonchev–Trinajstić information content (AvgIpc) is 3.40. The van der Waals surface area contributed by atoms with Crippen molar-refractivity contribution < 1.29 is 9.47 Å². The Balaban J connectivity index is 1.32. The molecular formula is C25H28N4O4. The van der Waals surface area contributed by atoms with Crippen molar-refractivity contribution in [3.05, 3.63) is 86.2 Å².